The van der Waals surface area contributed by atoms with Crippen LogP contribution < -0.4 is 5.73 Å². The van der Waals surface area contributed by atoms with Gasteiger partial charge in [-0.3, -0.25) is 0 Å². The van der Waals surface area contributed by atoms with Gasteiger partial charge in [0.25, 0.3) is 0 Å². The molecule has 0 spiro atoms. The lowest BCUT2D eigenvalue weighted by molar-refractivity contribution is 0.644. The van der Waals surface area contributed by atoms with Crippen molar-refractivity contribution in [2.45, 2.75) is 25.8 Å². The summed E-state index contributed by atoms with van der Waals surface area (Å²) >= 11 is 0. The molecule has 1 atom stereocenters. The minimum absolute atomic E-state index is 0.282. The predicted octanol–water partition coefficient (Wildman–Crippen LogP) is 0.700. The highest BCUT2D eigenvalue weighted by Crippen LogP contribution is 2.01. The molecular weight excluding hydrogens is 138 g/mol. The van der Waals surface area contributed by atoms with E-state index in [2.05, 4.69) is 4.98 Å². The number of aromatic nitrogens is 2. The van der Waals surface area contributed by atoms with Gasteiger partial charge in [-0.1, -0.05) is 0 Å². The van der Waals surface area contributed by atoms with Crippen molar-refractivity contribution >= 4 is 0 Å². The van der Waals surface area contributed by atoms with E-state index in [1.807, 2.05) is 31.1 Å². The first-order chi connectivity index (χ1) is 5.20. The van der Waals surface area contributed by atoms with Crippen LogP contribution in [0, 0.1) is 0 Å². The molecule has 1 unspecified atom stereocenters. The first-order valence-electron chi connectivity index (χ1n) is 3.91. The summed E-state index contributed by atoms with van der Waals surface area (Å²) in [6, 6.07) is 0.282. The molecule has 1 heterocycles. The third-order valence-electron chi connectivity index (χ3n) is 1.77. The summed E-state index contributed by atoms with van der Waals surface area (Å²) in [7, 11) is 2.00. The van der Waals surface area contributed by atoms with Gasteiger partial charge >= 0.3 is 0 Å². The number of aryl methyl sites for hydroxylation is 2. The molecule has 11 heavy (non-hydrogen) atoms. The lowest BCUT2D eigenvalue weighted by atomic mass is 10.1. The Morgan fingerprint density at radius 3 is 2.91 bits per heavy atom. The Balaban J connectivity index is 2.44. The van der Waals surface area contributed by atoms with Crippen LogP contribution in [0.5, 0.6) is 0 Å². The van der Waals surface area contributed by atoms with Crippen LogP contribution in [0.2, 0.25) is 0 Å². The van der Waals surface area contributed by atoms with Gasteiger partial charge < -0.3 is 10.3 Å². The zero-order valence-corrected chi connectivity index (χ0v) is 7.12. The fraction of sp³-hybridized carbons (Fsp3) is 0.625. The molecule has 3 heteroatoms. The summed E-state index contributed by atoms with van der Waals surface area (Å²) in [5, 5.41) is 0. The average Bonchev–Trinajstić information content (AvgIpc) is 2.31. The van der Waals surface area contributed by atoms with Crippen molar-refractivity contribution in [3.63, 3.8) is 0 Å². The molecule has 0 saturated heterocycles. The lowest BCUT2D eigenvalue weighted by Crippen LogP contribution is -2.15. The Hall–Kier alpha value is -0.830. The topological polar surface area (TPSA) is 43.8 Å². The first kappa shape index (κ1) is 8.27. The number of imidazole rings is 1. The summed E-state index contributed by atoms with van der Waals surface area (Å²) in [6.45, 7) is 2.02. The predicted molar refractivity (Wildman–Crippen MR) is 45.2 cm³/mol. The second kappa shape index (κ2) is 3.53. The molecule has 0 bridgehead atoms. The second-order valence-corrected chi connectivity index (χ2v) is 3.01. The smallest absolute Gasteiger partial charge is 0.0945 e. The van der Waals surface area contributed by atoms with Crippen molar-refractivity contribution in [3.05, 3.63) is 18.2 Å². The summed E-state index contributed by atoms with van der Waals surface area (Å²) in [6.07, 6.45) is 5.76. The van der Waals surface area contributed by atoms with Gasteiger partial charge in [-0.15, -0.1) is 0 Å². The van der Waals surface area contributed by atoms with Crippen molar-refractivity contribution in [3.8, 4) is 0 Å². The van der Waals surface area contributed by atoms with E-state index >= 15 is 0 Å². The monoisotopic (exact) mass is 153 g/mol. The molecule has 1 rings (SSSR count). The fourth-order valence-corrected chi connectivity index (χ4v) is 1.00. The molecule has 0 aliphatic rings. The van der Waals surface area contributed by atoms with Crippen LogP contribution in [0.15, 0.2) is 12.5 Å². The van der Waals surface area contributed by atoms with Gasteiger partial charge in [0.1, 0.15) is 0 Å². The van der Waals surface area contributed by atoms with Gasteiger partial charge in [-0.25, -0.2) is 4.98 Å². The SMILES string of the molecule is CC(N)CCc1cncn1C. The largest absolute Gasteiger partial charge is 0.338 e. The van der Waals surface area contributed by atoms with E-state index in [0.29, 0.717) is 0 Å². The number of nitrogens with zero attached hydrogens (tertiary/aromatic N) is 2. The normalized spacial score (nSPS) is 13.4. The van der Waals surface area contributed by atoms with Gasteiger partial charge in [0.05, 0.1) is 6.33 Å². The maximum Gasteiger partial charge on any atom is 0.0945 e. The first-order valence-corrected chi connectivity index (χ1v) is 3.91. The van der Waals surface area contributed by atoms with E-state index in [1.54, 1.807) is 0 Å². The minimum atomic E-state index is 0.282. The molecule has 2 N–H and O–H groups in total. The number of nitrogens with two attached hydrogens (primary N) is 1. The van der Waals surface area contributed by atoms with E-state index in [9.17, 15) is 0 Å². The fourth-order valence-electron chi connectivity index (χ4n) is 1.00. The quantitative estimate of drug-likeness (QED) is 0.694. The highest BCUT2D eigenvalue weighted by Gasteiger charge is 1.99. The molecular formula is C8H15N3. The molecule has 1 aromatic rings. The van der Waals surface area contributed by atoms with E-state index in [-0.39, 0.29) is 6.04 Å². The Kier molecular flexibility index (Phi) is 2.65. The number of hydrogen-bond acceptors (Lipinski definition) is 2. The molecule has 0 saturated carbocycles. The standard InChI is InChI=1S/C8H15N3/c1-7(9)3-4-8-5-10-6-11(8)2/h5-7H,3-4,9H2,1-2H3. The molecule has 3 nitrogen and oxygen atoms in total. The Morgan fingerprint density at radius 2 is 2.45 bits per heavy atom. The lowest BCUT2D eigenvalue weighted by Gasteiger charge is -2.04. The molecule has 62 valence electrons. The van der Waals surface area contributed by atoms with Crippen molar-refractivity contribution < 1.29 is 0 Å². The van der Waals surface area contributed by atoms with Crippen LogP contribution in [-0.4, -0.2) is 15.6 Å². The van der Waals surface area contributed by atoms with Crippen LogP contribution in [0.1, 0.15) is 19.0 Å². The van der Waals surface area contributed by atoms with Crippen LogP contribution in [0.4, 0.5) is 0 Å². The second-order valence-electron chi connectivity index (χ2n) is 3.01. The Bertz CT molecular complexity index is 215. The molecule has 0 aliphatic carbocycles. The van der Waals surface area contributed by atoms with Crippen LogP contribution >= 0.6 is 0 Å². The molecule has 0 aromatic carbocycles. The zero-order chi connectivity index (χ0) is 8.27. The van der Waals surface area contributed by atoms with Crippen LogP contribution in [0.25, 0.3) is 0 Å². The highest BCUT2D eigenvalue weighted by molar-refractivity contribution is 4.97. The highest BCUT2D eigenvalue weighted by atomic mass is 15.0. The average molecular weight is 153 g/mol. The molecule has 0 amide bonds. The molecule has 0 radical (unpaired) electrons. The van der Waals surface area contributed by atoms with E-state index in [0.717, 1.165) is 12.8 Å². The maximum absolute atomic E-state index is 5.63. The minimum Gasteiger partial charge on any atom is -0.338 e. The third kappa shape index (κ3) is 2.35. The summed E-state index contributed by atoms with van der Waals surface area (Å²) in [5.41, 5.74) is 6.88. The summed E-state index contributed by atoms with van der Waals surface area (Å²) in [5.74, 6) is 0. The van der Waals surface area contributed by atoms with Crippen molar-refractivity contribution in [2.75, 3.05) is 0 Å². The van der Waals surface area contributed by atoms with Crippen molar-refractivity contribution in [2.24, 2.45) is 12.8 Å². The number of hydrogen-bond donors (Lipinski definition) is 1. The van der Waals surface area contributed by atoms with E-state index in [1.165, 1.54) is 5.69 Å². The Morgan fingerprint density at radius 1 is 1.73 bits per heavy atom. The third-order valence-corrected chi connectivity index (χ3v) is 1.77. The molecule has 1 aromatic heterocycles. The van der Waals surface area contributed by atoms with Crippen LogP contribution in [0.3, 0.4) is 0 Å². The maximum atomic E-state index is 5.63. The summed E-state index contributed by atoms with van der Waals surface area (Å²) < 4.78 is 2.03. The van der Waals surface area contributed by atoms with Gasteiger partial charge in [-0.2, -0.15) is 0 Å². The summed E-state index contributed by atoms with van der Waals surface area (Å²) in [4.78, 5) is 4.02. The number of rotatable bonds is 3. The van der Waals surface area contributed by atoms with Gasteiger partial charge in [0, 0.05) is 25.0 Å². The van der Waals surface area contributed by atoms with Crippen molar-refractivity contribution in [1.82, 2.24) is 9.55 Å². The zero-order valence-electron chi connectivity index (χ0n) is 7.12. The van der Waals surface area contributed by atoms with Crippen LogP contribution in [-0.2, 0) is 13.5 Å². The van der Waals surface area contributed by atoms with Gasteiger partial charge in [0.15, 0.2) is 0 Å². The van der Waals surface area contributed by atoms with E-state index in [4.69, 9.17) is 5.73 Å². The van der Waals surface area contributed by atoms with Crippen molar-refractivity contribution in [1.29, 1.82) is 0 Å². The van der Waals surface area contributed by atoms with Gasteiger partial charge in [0.2, 0.25) is 0 Å². The molecule has 0 aliphatic heterocycles. The molecule has 0 fully saturated rings. The van der Waals surface area contributed by atoms with Gasteiger partial charge in [-0.05, 0) is 19.8 Å². The van der Waals surface area contributed by atoms with E-state index < -0.39 is 0 Å². The Labute approximate surface area is 67.2 Å².